The van der Waals surface area contributed by atoms with E-state index in [1.165, 1.54) is 0 Å². The Kier molecular flexibility index (Phi) is 4.65. The van der Waals surface area contributed by atoms with E-state index in [1.54, 1.807) is 30.5 Å². The molecule has 0 aromatic heterocycles. The lowest BCUT2D eigenvalue weighted by Crippen LogP contribution is -2.00. The first-order valence-corrected chi connectivity index (χ1v) is 8.23. The molecule has 0 bridgehead atoms. The molecule has 0 radical (unpaired) electrons. The van der Waals surface area contributed by atoms with Gasteiger partial charge in [0.1, 0.15) is 0 Å². The van der Waals surface area contributed by atoms with E-state index in [4.69, 9.17) is 0 Å². The van der Waals surface area contributed by atoms with Gasteiger partial charge in [0.25, 0.3) is 10.0 Å². The van der Waals surface area contributed by atoms with Gasteiger partial charge in [-0.25, -0.2) is 0 Å². The molecule has 5 heteroatoms. The van der Waals surface area contributed by atoms with Crippen molar-refractivity contribution < 1.29 is 8.42 Å². The summed E-state index contributed by atoms with van der Waals surface area (Å²) in [6, 6.07) is 6.74. The largest absolute Gasteiger partial charge is 0.288 e. The summed E-state index contributed by atoms with van der Waals surface area (Å²) in [6.07, 6.45) is 3.69. The summed E-state index contributed by atoms with van der Waals surface area (Å²) in [4.78, 5) is 1.23. The number of rotatable bonds is 3. The quantitative estimate of drug-likeness (QED) is 0.848. The van der Waals surface area contributed by atoms with Crippen molar-refractivity contribution in [1.29, 1.82) is 0 Å². The van der Waals surface area contributed by atoms with Crippen molar-refractivity contribution in [2.45, 2.75) is 25.7 Å². The van der Waals surface area contributed by atoms with Gasteiger partial charge in [0, 0.05) is 0 Å². The average Bonchev–Trinajstić information content (AvgIpc) is 2.27. The van der Waals surface area contributed by atoms with Gasteiger partial charge >= 0.3 is 0 Å². The molecule has 0 aliphatic heterocycles. The van der Waals surface area contributed by atoms with E-state index in [1.807, 2.05) is 26.8 Å². The van der Waals surface area contributed by atoms with Crippen LogP contribution in [0.3, 0.4) is 0 Å². The Bertz CT molecular complexity index is 555. The van der Waals surface area contributed by atoms with E-state index in [0.29, 0.717) is 0 Å². The normalized spacial score (nSPS) is 14.9. The summed E-state index contributed by atoms with van der Waals surface area (Å²) >= 11 is 0. The number of hydrogen-bond acceptors (Lipinski definition) is 2. The number of hydrogen-bond donors (Lipinski definition) is 0. The molecule has 0 fully saturated rings. The van der Waals surface area contributed by atoms with Crippen molar-refractivity contribution in [2.24, 2.45) is 3.77 Å². The molecule has 0 saturated carbocycles. The molecule has 94 valence electrons. The minimum absolute atomic E-state index is 0.256. The fraction of sp³-hybridized carbons (Fsp3) is 0.333. The third-order valence-electron chi connectivity index (χ3n) is 2.40. The van der Waals surface area contributed by atoms with E-state index in [9.17, 15) is 8.42 Å². The maximum atomic E-state index is 12.0. The van der Waals surface area contributed by atoms with Gasteiger partial charge in [-0.15, -0.1) is 3.77 Å². The fourth-order valence-corrected chi connectivity index (χ4v) is 3.94. The molecule has 0 heterocycles. The van der Waals surface area contributed by atoms with E-state index < -0.39 is 20.7 Å². The van der Waals surface area contributed by atoms with Crippen LogP contribution in [0.1, 0.15) is 19.4 Å². The Morgan fingerprint density at radius 3 is 2.29 bits per heavy atom. The smallest absolute Gasteiger partial charge is 0.199 e. The number of sulfonamides is 1. The first-order valence-electron chi connectivity index (χ1n) is 5.20. The first kappa shape index (κ1) is 14.1. The third kappa shape index (κ3) is 3.78. The second-order valence-corrected chi connectivity index (χ2v) is 7.36. The molecular formula is C12H17NO2S2. The molecular weight excluding hydrogens is 254 g/mol. The molecule has 0 N–H and O–H groups in total. The van der Waals surface area contributed by atoms with Crippen molar-refractivity contribution in [2.75, 3.05) is 6.26 Å². The summed E-state index contributed by atoms with van der Waals surface area (Å²) < 4.78 is 27.9. The zero-order valence-corrected chi connectivity index (χ0v) is 12.1. The van der Waals surface area contributed by atoms with E-state index in [2.05, 4.69) is 3.77 Å². The molecule has 1 aromatic carbocycles. The second kappa shape index (κ2) is 5.60. The molecule has 0 saturated heterocycles. The van der Waals surface area contributed by atoms with Crippen molar-refractivity contribution in [1.82, 2.24) is 0 Å². The molecule has 0 aliphatic rings. The SMILES string of the molecule is CC=C(C)S(C)=NS(=O)(=O)c1ccc(C)cc1. The zero-order chi connectivity index (χ0) is 13.1. The van der Waals surface area contributed by atoms with Crippen LogP contribution in [0.15, 0.2) is 43.9 Å². The zero-order valence-electron chi connectivity index (χ0n) is 10.5. The molecule has 0 amide bonds. The third-order valence-corrected chi connectivity index (χ3v) is 6.12. The summed E-state index contributed by atoms with van der Waals surface area (Å²) in [5.41, 5.74) is 1.03. The molecule has 3 nitrogen and oxygen atoms in total. The lowest BCUT2D eigenvalue weighted by Gasteiger charge is -2.03. The maximum Gasteiger partial charge on any atom is 0.288 e. The number of nitrogens with zero attached hydrogens (tertiary/aromatic N) is 1. The molecule has 1 unspecified atom stereocenters. The van der Waals surface area contributed by atoms with Crippen molar-refractivity contribution in [3.63, 3.8) is 0 Å². The second-order valence-electron chi connectivity index (χ2n) is 3.74. The van der Waals surface area contributed by atoms with Crippen LogP contribution in [-0.4, -0.2) is 14.7 Å². The van der Waals surface area contributed by atoms with Gasteiger partial charge in [-0.05, 0) is 44.1 Å². The van der Waals surface area contributed by atoms with Crippen molar-refractivity contribution in [3.8, 4) is 0 Å². The number of allylic oxidation sites excluding steroid dienone is 2. The van der Waals surface area contributed by atoms with Gasteiger partial charge in [-0.1, -0.05) is 34.5 Å². The van der Waals surface area contributed by atoms with Crippen LogP contribution in [0.2, 0.25) is 0 Å². The highest BCUT2D eigenvalue weighted by atomic mass is 32.3. The molecule has 1 aromatic rings. The van der Waals surface area contributed by atoms with Crippen LogP contribution in [0.25, 0.3) is 0 Å². The maximum absolute atomic E-state index is 12.0. The monoisotopic (exact) mass is 271 g/mol. The van der Waals surface area contributed by atoms with E-state index in [0.717, 1.165) is 10.5 Å². The number of benzene rings is 1. The Morgan fingerprint density at radius 1 is 1.29 bits per heavy atom. The van der Waals surface area contributed by atoms with Gasteiger partial charge in [0.05, 0.1) is 4.90 Å². The van der Waals surface area contributed by atoms with Crippen LogP contribution < -0.4 is 0 Å². The lowest BCUT2D eigenvalue weighted by atomic mass is 10.2. The van der Waals surface area contributed by atoms with Crippen LogP contribution in [0.4, 0.5) is 0 Å². The van der Waals surface area contributed by atoms with Gasteiger partial charge < -0.3 is 0 Å². The van der Waals surface area contributed by atoms with Gasteiger partial charge in [-0.2, -0.15) is 8.42 Å². The standard InChI is InChI=1S/C12H17NO2S2/c1-5-11(3)16(4)13-17(14,15)12-8-6-10(2)7-9-12/h5-9H,1-4H3. The highest BCUT2D eigenvalue weighted by molar-refractivity contribution is 8.01. The van der Waals surface area contributed by atoms with E-state index >= 15 is 0 Å². The Labute approximate surface area is 106 Å². The number of aryl methyl sites for hydroxylation is 1. The van der Waals surface area contributed by atoms with Crippen molar-refractivity contribution >= 4 is 20.7 Å². The Hall–Kier alpha value is -0.940. The lowest BCUT2D eigenvalue weighted by molar-refractivity contribution is 0.598. The van der Waals surface area contributed by atoms with Gasteiger partial charge in [0.15, 0.2) is 0 Å². The molecule has 1 atom stereocenters. The molecule has 1 rings (SSSR count). The van der Waals surface area contributed by atoms with E-state index in [-0.39, 0.29) is 4.90 Å². The first-order chi connectivity index (χ1) is 7.86. The predicted octanol–water partition coefficient (Wildman–Crippen LogP) is 3.04. The van der Waals surface area contributed by atoms with Gasteiger partial charge in [0.2, 0.25) is 0 Å². The molecule has 0 spiro atoms. The van der Waals surface area contributed by atoms with Crippen LogP contribution >= 0.6 is 0 Å². The summed E-state index contributed by atoms with van der Waals surface area (Å²) in [5, 5.41) is 0. The highest BCUT2D eigenvalue weighted by Crippen LogP contribution is 2.15. The summed E-state index contributed by atoms with van der Waals surface area (Å²) in [7, 11) is -4.13. The summed E-state index contributed by atoms with van der Waals surface area (Å²) in [5.74, 6) is 0. The Morgan fingerprint density at radius 2 is 1.82 bits per heavy atom. The van der Waals surface area contributed by atoms with Crippen LogP contribution in [0.5, 0.6) is 0 Å². The molecule has 0 aliphatic carbocycles. The average molecular weight is 271 g/mol. The summed E-state index contributed by atoms with van der Waals surface area (Å²) in [6.45, 7) is 5.69. The Balaban J connectivity index is 3.17. The van der Waals surface area contributed by atoms with Crippen molar-refractivity contribution in [3.05, 3.63) is 40.8 Å². The minimum Gasteiger partial charge on any atom is -0.199 e. The topological polar surface area (TPSA) is 46.5 Å². The van der Waals surface area contributed by atoms with Crippen LogP contribution in [-0.2, 0) is 20.7 Å². The highest BCUT2D eigenvalue weighted by Gasteiger charge is 2.12. The molecule has 17 heavy (non-hydrogen) atoms. The minimum atomic E-state index is -3.53. The van der Waals surface area contributed by atoms with Gasteiger partial charge in [-0.3, -0.25) is 0 Å². The predicted molar refractivity (Wildman–Crippen MR) is 73.5 cm³/mol. The fourth-order valence-electron chi connectivity index (χ4n) is 1.13. The van der Waals surface area contributed by atoms with Crippen LogP contribution in [0, 0.1) is 6.92 Å².